The molecule has 1 fully saturated rings. The Labute approximate surface area is 122 Å². The van der Waals surface area contributed by atoms with Gasteiger partial charge in [0.1, 0.15) is 0 Å². The number of nitrogens with one attached hydrogen (secondary N) is 1. The molecule has 7 heteroatoms. The van der Waals surface area contributed by atoms with E-state index in [1.54, 1.807) is 12.1 Å². The standard InChI is InChI=1S/C13H16N4O2S/c1-16-4-6-17(7-5-16)10-2-3-11(14-9-20)12(8-10)15-13(18)19/h2-3,8,15H,4-7H2,1H3,(H,18,19). The molecule has 0 bridgehead atoms. The Bertz CT molecular complexity index is 549. The summed E-state index contributed by atoms with van der Waals surface area (Å²) >= 11 is 4.57. The van der Waals surface area contributed by atoms with Crippen LogP contribution < -0.4 is 10.2 Å². The first-order valence-electron chi connectivity index (χ1n) is 6.25. The maximum absolute atomic E-state index is 10.8. The van der Waals surface area contributed by atoms with E-state index >= 15 is 0 Å². The summed E-state index contributed by atoms with van der Waals surface area (Å²) in [6.07, 6.45) is -1.12. The molecule has 0 aliphatic carbocycles. The highest BCUT2D eigenvalue weighted by molar-refractivity contribution is 7.78. The van der Waals surface area contributed by atoms with Gasteiger partial charge in [-0.25, -0.2) is 4.79 Å². The Morgan fingerprint density at radius 2 is 2.10 bits per heavy atom. The number of piperazine rings is 1. The normalized spacial score (nSPS) is 15.6. The van der Waals surface area contributed by atoms with E-state index in [0.717, 1.165) is 31.9 Å². The third-order valence-electron chi connectivity index (χ3n) is 3.26. The molecule has 20 heavy (non-hydrogen) atoms. The minimum Gasteiger partial charge on any atom is -0.465 e. The van der Waals surface area contributed by atoms with E-state index in [1.165, 1.54) is 0 Å². The van der Waals surface area contributed by atoms with Crippen molar-refractivity contribution < 1.29 is 9.90 Å². The summed E-state index contributed by atoms with van der Waals surface area (Å²) in [4.78, 5) is 19.2. The van der Waals surface area contributed by atoms with E-state index in [-0.39, 0.29) is 0 Å². The number of carbonyl (C=O) groups is 1. The fraction of sp³-hybridized carbons (Fsp3) is 0.385. The molecule has 1 aromatic rings. The first-order chi connectivity index (χ1) is 9.60. The number of carboxylic acid groups (broad SMARTS) is 1. The van der Waals surface area contributed by atoms with E-state index in [4.69, 9.17) is 5.11 Å². The van der Waals surface area contributed by atoms with Crippen LogP contribution in [0, 0.1) is 0 Å². The molecule has 1 aliphatic rings. The molecule has 0 atom stereocenters. The van der Waals surface area contributed by atoms with Crippen molar-refractivity contribution in [1.29, 1.82) is 0 Å². The molecule has 0 saturated carbocycles. The molecule has 0 unspecified atom stereocenters. The first kappa shape index (κ1) is 14.5. The van der Waals surface area contributed by atoms with Gasteiger partial charge in [0.2, 0.25) is 0 Å². The van der Waals surface area contributed by atoms with Crippen LogP contribution in [0.4, 0.5) is 21.9 Å². The van der Waals surface area contributed by atoms with Crippen LogP contribution in [0.25, 0.3) is 0 Å². The van der Waals surface area contributed by atoms with Crippen molar-refractivity contribution >= 4 is 40.5 Å². The highest BCUT2D eigenvalue weighted by atomic mass is 32.1. The number of aliphatic imine (C=N–C) groups is 1. The second-order valence-electron chi connectivity index (χ2n) is 4.63. The van der Waals surface area contributed by atoms with Crippen molar-refractivity contribution in [2.75, 3.05) is 43.4 Å². The van der Waals surface area contributed by atoms with Crippen molar-refractivity contribution in [2.24, 2.45) is 4.99 Å². The molecule has 106 valence electrons. The van der Waals surface area contributed by atoms with Gasteiger partial charge in [0.25, 0.3) is 0 Å². The van der Waals surface area contributed by atoms with Gasteiger partial charge in [-0.2, -0.15) is 4.99 Å². The highest BCUT2D eigenvalue weighted by Gasteiger charge is 2.16. The van der Waals surface area contributed by atoms with E-state index < -0.39 is 6.09 Å². The Kier molecular flexibility index (Phi) is 4.68. The van der Waals surface area contributed by atoms with E-state index in [2.05, 4.69) is 44.5 Å². The maximum atomic E-state index is 10.8. The first-order valence-corrected chi connectivity index (χ1v) is 6.66. The van der Waals surface area contributed by atoms with Crippen LogP contribution in [-0.2, 0) is 0 Å². The molecule has 1 aliphatic heterocycles. The zero-order valence-electron chi connectivity index (χ0n) is 11.2. The zero-order valence-corrected chi connectivity index (χ0v) is 12.0. The largest absolute Gasteiger partial charge is 0.465 e. The summed E-state index contributed by atoms with van der Waals surface area (Å²) in [5.41, 5.74) is 1.87. The molecule has 1 amide bonds. The van der Waals surface area contributed by atoms with Crippen LogP contribution in [0.15, 0.2) is 23.2 Å². The summed E-state index contributed by atoms with van der Waals surface area (Å²) < 4.78 is 0. The summed E-state index contributed by atoms with van der Waals surface area (Å²) in [6, 6.07) is 5.45. The number of nitrogens with zero attached hydrogens (tertiary/aromatic N) is 3. The number of benzene rings is 1. The molecule has 6 nitrogen and oxygen atoms in total. The molecule has 1 saturated heterocycles. The number of hydrogen-bond acceptors (Lipinski definition) is 5. The van der Waals surface area contributed by atoms with E-state index in [0.29, 0.717) is 11.4 Å². The lowest BCUT2D eigenvalue weighted by molar-refractivity contribution is 0.210. The number of isothiocyanates is 1. The molecular formula is C13H16N4O2S. The van der Waals surface area contributed by atoms with Crippen molar-refractivity contribution in [1.82, 2.24) is 4.90 Å². The van der Waals surface area contributed by atoms with Crippen LogP contribution >= 0.6 is 12.2 Å². The second kappa shape index (κ2) is 6.47. The lowest BCUT2D eigenvalue weighted by Crippen LogP contribution is -2.44. The monoisotopic (exact) mass is 292 g/mol. The minimum atomic E-state index is -1.12. The van der Waals surface area contributed by atoms with Crippen molar-refractivity contribution in [2.45, 2.75) is 0 Å². The van der Waals surface area contributed by atoms with Gasteiger partial charge in [0, 0.05) is 31.9 Å². The van der Waals surface area contributed by atoms with Gasteiger partial charge in [0.05, 0.1) is 16.5 Å². The Hall–Kier alpha value is -1.95. The number of thiocarbonyl (C=S) groups is 1. The Balaban J connectivity index is 2.26. The maximum Gasteiger partial charge on any atom is 0.409 e. The van der Waals surface area contributed by atoms with E-state index in [9.17, 15) is 4.79 Å². The fourth-order valence-electron chi connectivity index (χ4n) is 2.15. The third-order valence-corrected chi connectivity index (χ3v) is 3.35. The van der Waals surface area contributed by atoms with E-state index in [1.807, 2.05) is 6.07 Å². The molecule has 2 rings (SSSR count). The molecule has 0 aromatic heterocycles. The van der Waals surface area contributed by atoms with Crippen LogP contribution in [0.5, 0.6) is 0 Å². The number of rotatable bonds is 3. The van der Waals surface area contributed by atoms with Gasteiger partial charge in [-0.05, 0) is 37.5 Å². The van der Waals surface area contributed by atoms with Crippen LogP contribution in [0.2, 0.25) is 0 Å². The summed E-state index contributed by atoms with van der Waals surface area (Å²) in [7, 11) is 2.09. The predicted octanol–water partition coefficient (Wildman–Crippen LogP) is 2.26. The van der Waals surface area contributed by atoms with Crippen LogP contribution in [0.1, 0.15) is 0 Å². The predicted molar refractivity (Wildman–Crippen MR) is 82.5 cm³/mol. The minimum absolute atomic E-state index is 0.422. The van der Waals surface area contributed by atoms with Crippen LogP contribution in [-0.4, -0.2) is 54.5 Å². The topological polar surface area (TPSA) is 68.2 Å². The SMILES string of the molecule is CN1CCN(c2ccc(N=C=S)c(NC(=O)O)c2)CC1. The van der Waals surface area contributed by atoms with Crippen molar-refractivity contribution in [3.8, 4) is 0 Å². The molecule has 0 spiro atoms. The molecular weight excluding hydrogens is 276 g/mol. The van der Waals surface area contributed by atoms with Gasteiger partial charge in [-0.15, -0.1) is 0 Å². The number of hydrogen-bond donors (Lipinski definition) is 2. The number of amides is 1. The zero-order chi connectivity index (χ0) is 14.5. The Morgan fingerprint density at radius 1 is 1.40 bits per heavy atom. The smallest absolute Gasteiger partial charge is 0.409 e. The van der Waals surface area contributed by atoms with Gasteiger partial charge in [-0.3, -0.25) is 5.32 Å². The fourth-order valence-corrected chi connectivity index (χ4v) is 2.25. The molecule has 1 heterocycles. The van der Waals surface area contributed by atoms with Crippen LogP contribution in [0.3, 0.4) is 0 Å². The Morgan fingerprint density at radius 3 is 2.70 bits per heavy atom. The molecule has 0 radical (unpaired) electrons. The highest BCUT2D eigenvalue weighted by Crippen LogP contribution is 2.30. The summed E-state index contributed by atoms with van der Waals surface area (Å²) in [5, 5.41) is 13.5. The van der Waals surface area contributed by atoms with Crippen molar-refractivity contribution in [3.05, 3.63) is 18.2 Å². The van der Waals surface area contributed by atoms with Gasteiger partial charge in [-0.1, -0.05) is 0 Å². The lowest BCUT2D eigenvalue weighted by Gasteiger charge is -2.34. The average Bonchev–Trinajstić information content (AvgIpc) is 2.41. The van der Waals surface area contributed by atoms with Crippen molar-refractivity contribution in [3.63, 3.8) is 0 Å². The summed E-state index contributed by atoms with van der Waals surface area (Å²) in [6.45, 7) is 3.81. The average molecular weight is 292 g/mol. The second-order valence-corrected chi connectivity index (χ2v) is 4.81. The molecule has 2 N–H and O–H groups in total. The number of likely N-dealkylation sites (N-methyl/N-ethyl adjacent to an activating group) is 1. The lowest BCUT2D eigenvalue weighted by atomic mass is 10.2. The quantitative estimate of drug-likeness (QED) is 0.660. The van der Waals surface area contributed by atoms with Gasteiger partial charge in [0.15, 0.2) is 0 Å². The van der Waals surface area contributed by atoms with Gasteiger partial charge < -0.3 is 14.9 Å². The third kappa shape index (κ3) is 3.54. The number of anilines is 2. The summed E-state index contributed by atoms with van der Waals surface area (Å²) in [5.74, 6) is 0. The molecule has 1 aromatic carbocycles. The van der Waals surface area contributed by atoms with Gasteiger partial charge >= 0.3 is 6.09 Å².